The molecule has 0 aromatic carbocycles. The van der Waals surface area contributed by atoms with Crippen molar-refractivity contribution in [2.75, 3.05) is 0 Å². The van der Waals surface area contributed by atoms with Crippen LogP contribution in [0.5, 0.6) is 0 Å². The lowest BCUT2D eigenvalue weighted by Gasteiger charge is -2.05. The molecule has 6 nitrogen and oxygen atoms in total. The van der Waals surface area contributed by atoms with Crippen LogP contribution in [0.1, 0.15) is 26.5 Å². The van der Waals surface area contributed by atoms with Crippen molar-refractivity contribution in [2.24, 2.45) is 0 Å². The summed E-state index contributed by atoms with van der Waals surface area (Å²) in [5.74, 6) is -0.848. The van der Waals surface area contributed by atoms with Crippen molar-refractivity contribution in [2.45, 2.75) is 19.2 Å². The van der Waals surface area contributed by atoms with Gasteiger partial charge in [0.05, 0.1) is 19.4 Å². The molecule has 1 atom stereocenters. The van der Waals surface area contributed by atoms with Gasteiger partial charge in [0, 0.05) is 14.6 Å². The molecular formula is C17H16N2O4S2. The van der Waals surface area contributed by atoms with Crippen LogP contribution in [0.2, 0.25) is 0 Å². The lowest BCUT2D eigenvalue weighted by atomic mass is 10.2. The third kappa shape index (κ3) is 4.56. The highest BCUT2D eigenvalue weighted by molar-refractivity contribution is 7.12. The highest BCUT2D eigenvalue weighted by Crippen LogP contribution is 2.30. The van der Waals surface area contributed by atoms with Gasteiger partial charge < -0.3 is 20.2 Å². The molecule has 0 saturated heterocycles. The molecule has 0 spiro atoms. The van der Waals surface area contributed by atoms with E-state index in [9.17, 15) is 14.7 Å². The van der Waals surface area contributed by atoms with E-state index in [4.69, 9.17) is 4.42 Å². The van der Waals surface area contributed by atoms with Crippen molar-refractivity contribution >= 4 is 34.5 Å². The molecule has 0 aliphatic carbocycles. The van der Waals surface area contributed by atoms with Crippen molar-refractivity contribution in [1.82, 2.24) is 10.6 Å². The Morgan fingerprint density at radius 3 is 2.52 bits per heavy atom. The first kappa shape index (κ1) is 17.4. The highest BCUT2D eigenvalue weighted by atomic mass is 32.1. The van der Waals surface area contributed by atoms with Gasteiger partial charge in [0.1, 0.15) is 11.9 Å². The Hall–Kier alpha value is -2.42. The fraction of sp³-hybridized carbons (Fsp3) is 0.176. The molecule has 0 aliphatic rings. The molecule has 0 saturated carbocycles. The van der Waals surface area contributed by atoms with Gasteiger partial charge in [-0.05, 0) is 35.7 Å². The average Bonchev–Trinajstić information content (AvgIpc) is 3.39. The van der Waals surface area contributed by atoms with Crippen LogP contribution in [0, 0.1) is 0 Å². The topological polar surface area (TPSA) is 91.6 Å². The summed E-state index contributed by atoms with van der Waals surface area (Å²) in [6.45, 7) is 0.393. The summed E-state index contributed by atoms with van der Waals surface area (Å²) in [5.41, 5.74) is 0. The maximum atomic E-state index is 11.8. The van der Waals surface area contributed by atoms with Gasteiger partial charge in [-0.15, -0.1) is 22.7 Å². The number of carbonyl (C=O) groups excluding carboxylic acids is 2. The number of amides is 2. The second kappa shape index (κ2) is 8.11. The number of carbonyl (C=O) groups is 2. The van der Waals surface area contributed by atoms with Gasteiger partial charge in [-0.3, -0.25) is 9.59 Å². The number of hydrogen-bond donors (Lipinski definition) is 3. The standard InChI is InChI=1S/C17H16N2O4S2/c20-15(13-4-2-8-24-13)14-6-5-12(25-14)10-19-17(22)16(21)18-9-11-3-1-7-23-11/h1-8,15,20H,9-10H2,(H,18,21)(H,19,22)/t15-/m0/s1. The summed E-state index contributed by atoms with van der Waals surface area (Å²) in [6.07, 6.45) is 0.839. The smallest absolute Gasteiger partial charge is 0.309 e. The summed E-state index contributed by atoms with van der Waals surface area (Å²) in [4.78, 5) is 26.1. The van der Waals surface area contributed by atoms with E-state index < -0.39 is 17.9 Å². The van der Waals surface area contributed by atoms with Crippen LogP contribution < -0.4 is 10.6 Å². The van der Waals surface area contributed by atoms with E-state index >= 15 is 0 Å². The SMILES string of the molecule is O=C(NCc1ccco1)C(=O)NCc1ccc([C@@H](O)c2cccs2)s1. The zero-order valence-corrected chi connectivity index (χ0v) is 14.7. The number of rotatable bonds is 6. The first-order valence-corrected chi connectivity index (χ1v) is 9.21. The highest BCUT2D eigenvalue weighted by Gasteiger charge is 2.16. The van der Waals surface area contributed by atoms with Crippen LogP contribution >= 0.6 is 22.7 Å². The maximum absolute atomic E-state index is 11.8. The Kier molecular flexibility index (Phi) is 5.64. The zero-order chi connectivity index (χ0) is 17.6. The average molecular weight is 376 g/mol. The molecule has 0 fully saturated rings. The number of furan rings is 1. The summed E-state index contributed by atoms with van der Waals surface area (Å²) in [5, 5.41) is 17.2. The molecular weight excluding hydrogens is 360 g/mol. The minimum Gasteiger partial charge on any atom is -0.467 e. The first-order valence-electron chi connectivity index (χ1n) is 7.52. The molecule has 0 radical (unpaired) electrons. The first-order chi connectivity index (χ1) is 12.1. The molecule has 0 aliphatic heterocycles. The Morgan fingerprint density at radius 1 is 1.04 bits per heavy atom. The second-order valence-corrected chi connectivity index (χ2v) is 7.35. The fourth-order valence-corrected chi connectivity index (χ4v) is 3.89. The van der Waals surface area contributed by atoms with Gasteiger partial charge in [-0.2, -0.15) is 0 Å². The molecule has 130 valence electrons. The maximum Gasteiger partial charge on any atom is 0.309 e. The van der Waals surface area contributed by atoms with Crippen LogP contribution in [-0.4, -0.2) is 16.9 Å². The molecule has 8 heteroatoms. The summed E-state index contributed by atoms with van der Waals surface area (Å²) in [6, 6.07) is 10.8. The molecule has 3 aromatic rings. The van der Waals surface area contributed by atoms with Gasteiger partial charge in [0.15, 0.2) is 0 Å². The predicted molar refractivity (Wildman–Crippen MR) is 95.1 cm³/mol. The van der Waals surface area contributed by atoms with Crippen molar-refractivity contribution in [3.63, 3.8) is 0 Å². The Balaban J connectivity index is 1.48. The number of aliphatic hydroxyl groups excluding tert-OH is 1. The van der Waals surface area contributed by atoms with Crippen molar-refractivity contribution in [1.29, 1.82) is 0 Å². The quantitative estimate of drug-likeness (QED) is 0.576. The summed E-state index contributed by atoms with van der Waals surface area (Å²) < 4.78 is 5.08. The van der Waals surface area contributed by atoms with Crippen LogP contribution in [-0.2, 0) is 22.7 Å². The molecule has 3 rings (SSSR count). The lowest BCUT2D eigenvalue weighted by molar-refractivity contribution is -0.139. The number of thiophene rings is 2. The van der Waals surface area contributed by atoms with E-state index in [-0.39, 0.29) is 13.1 Å². The van der Waals surface area contributed by atoms with Crippen molar-refractivity contribution in [3.05, 3.63) is 68.4 Å². The van der Waals surface area contributed by atoms with Crippen molar-refractivity contribution < 1.29 is 19.1 Å². The number of aliphatic hydroxyl groups is 1. The van der Waals surface area contributed by atoms with Gasteiger partial charge in [-0.25, -0.2) is 0 Å². The molecule has 2 amide bonds. The molecule has 3 N–H and O–H groups in total. The zero-order valence-electron chi connectivity index (χ0n) is 13.1. The van der Waals surface area contributed by atoms with E-state index in [1.165, 1.54) is 28.9 Å². The Labute approximate surface area is 152 Å². The van der Waals surface area contributed by atoms with E-state index in [0.29, 0.717) is 5.76 Å². The van der Waals surface area contributed by atoms with Crippen LogP contribution in [0.15, 0.2) is 52.5 Å². The van der Waals surface area contributed by atoms with E-state index in [2.05, 4.69) is 10.6 Å². The van der Waals surface area contributed by atoms with Gasteiger partial charge in [0.25, 0.3) is 0 Å². The fourth-order valence-electron chi connectivity index (χ4n) is 2.13. The predicted octanol–water partition coefficient (Wildman–Crippen LogP) is 2.42. The molecule has 0 bridgehead atoms. The molecule has 3 aromatic heterocycles. The minimum absolute atomic E-state index is 0.162. The largest absolute Gasteiger partial charge is 0.467 e. The number of nitrogens with one attached hydrogen (secondary N) is 2. The monoisotopic (exact) mass is 376 g/mol. The minimum atomic E-state index is -0.716. The van der Waals surface area contributed by atoms with E-state index in [1.54, 1.807) is 12.1 Å². The number of hydrogen-bond acceptors (Lipinski definition) is 6. The third-order valence-electron chi connectivity index (χ3n) is 3.40. The van der Waals surface area contributed by atoms with Gasteiger partial charge in [-0.1, -0.05) is 6.07 Å². The normalized spacial score (nSPS) is 11.9. The van der Waals surface area contributed by atoms with Gasteiger partial charge in [0.2, 0.25) is 0 Å². The van der Waals surface area contributed by atoms with E-state index in [0.717, 1.165) is 14.6 Å². The summed E-state index contributed by atoms with van der Waals surface area (Å²) >= 11 is 2.89. The van der Waals surface area contributed by atoms with Crippen LogP contribution in [0.25, 0.3) is 0 Å². The summed E-state index contributed by atoms with van der Waals surface area (Å²) in [7, 11) is 0. The molecule has 0 unspecified atom stereocenters. The third-order valence-corrected chi connectivity index (χ3v) is 5.46. The lowest BCUT2D eigenvalue weighted by Crippen LogP contribution is -2.39. The Bertz CT molecular complexity index is 825. The van der Waals surface area contributed by atoms with E-state index in [1.807, 2.05) is 29.6 Å². The van der Waals surface area contributed by atoms with Crippen LogP contribution in [0.4, 0.5) is 0 Å². The van der Waals surface area contributed by atoms with Gasteiger partial charge >= 0.3 is 11.8 Å². The second-order valence-electron chi connectivity index (χ2n) is 5.17. The Morgan fingerprint density at radius 2 is 1.84 bits per heavy atom. The van der Waals surface area contributed by atoms with Crippen molar-refractivity contribution in [3.8, 4) is 0 Å². The molecule has 25 heavy (non-hydrogen) atoms. The molecule has 3 heterocycles. The van der Waals surface area contributed by atoms with Crippen LogP contribution in [0.3, 0.4) is 0 Å².